The summed E-state index contributed by atoms with van der Waals surface area (Å²) in [5, 5.41) is 3.35. The minimum Gasteiger partial charge on any atom is -0.378 e. The van der Waals surface area contributed by atoms with Gasteiger partial charge in [-0.15, -0.1) is 0 Å². The van der Waals surface area contributed by atoms with Crippen molar-refractivity contribution in [3.63, 3.8) is 0 Å². The zero-order valence-electron chi connectivity index (χ0n) is 10.9. The van der Waals surface area contributed by atoms with Crippen LogP contribution in [0.25, 0.3) is 0 Å². The van der Waals surface area contributed by atoms with Gasteiger partial charge in [0.25, 0.3) is 0 Å². The molecule has 0 amide bonds. The molecule has 1 aliphatic heterocycles. The van der Waals surface area contributed by atoms with Crippen molar-refractivity contribution >= 4 is 0 Å². The van der Waals surface area contributed by atoms with Crippen LogP contribution in [0.5, 0.6) is 0 Å². The maximum Gasteiger partial charge on any atom is 0.123 e. The molecule has 1 fully saturated rings. The standard InChI is InChI=1S/C14H21FN2O/c1-2-16-9-14-11-18-7-6-17(14)10-12-4-3-5-13(15)8-12/h3-5,8,14,16H,2,6-7,9-11H2,1H3. The summed E-state index contributed by atoms with van der Waals surface area (Å²) >= 11 is 0. The largest absolute Gasteiger partial charge is 0.378 e. The Morgan fingerprint density at radius 2 is 2.39 bits per heavy atom. The minimum atomic E-state index is -0.163. The zero-order chi connectivity index (χ0) is 12.8. The summed E-state index contributed by atoms with van der Waals surface area (Å²) < 4.78 is 18.7. The third kappa shape index (κ3) is 3.77. The van der Waals surface area contributed by atoms with Crippen LogP contribution >= 0.6 is 0 Å². The lowest BCUT2D eigenvalue weighted by atomic mass is 10.1. The molecule has 0 spiro atoms. The molecule has 0 saturated carbocycles. The quantitative estimate of drug-likeness (QED) is 0.862. The molecule has 0 aliphatic carbocycles. The van der Waals surface area contributed by atoms with Crippen LogP contribution in [0.15, 0.2) is 24.3 Å². The molecule has 1 saturated heterocycles. The number of likely N-dealkylation sites (N-methyl/N-ethyl adjacent to an activating group) is 1. The summed E-state index contributed by atoms with van der Waals surface area (Å²) in [4.78, 5) is 2.36. The summed E-state index contributed by atoms with van der Waals surface area (Å²) in [6, 6.07) is 7.22. The van der Waals surface area contributed by atoms with Gasteiger partial charge in [0.2, 0.25) is 0 Å². The molecule has 0 bridgehead atoms. The van der Waals surface area contributed by atoms with Crippen molar-refractivity contribution in [1.29, 1.82) is 0 Å². The van der Waals surface area contributed by atoms with E-state index in [1.165, 1.54) is 6.07 Å². The molecule has 1 aliphatic rings. The van der Waals surface area contributed by atoms with Gasteiger partial charge < -0.3 is 10.1 Å². The van der Waals surface area contributed by atoms with E-state index in [0.717, 1.165) is 45.0 Å². The number of benzene rings is 1. The van der Waals surface area contributed by atoms with E-state index in [4.69, 9.17) is 4.74 Å². The van der Waals surface area contributed by atoms with Crippen LogP contribution in [0.4, 0.5) is 4.39 Å². The molecule has 100 valence electrons. The number of morpholine rings is 1. The first-order valence-corrected chi connectivity index (χ1v) is 6.56. The molecular weight excluding hydrogens is 231 g/mol. The van der Waals surface area contributed by atoms with Crippen molar-refractivity contribution in [2.75, 3.05) is 32.8 Å². The highest BCUT2D eigenvalue weighted by atomic mass is 19.1. The van der Waals surface area contributed by atoms with Gasteiger partial charge in [0.15, 0.2) is 0 Å². The Hall–Kier alpha value is -0.970. The van der Waals surface area contributed by atoms with Gasteiger partial charge >= 0.3 is 0 Å². The van der Waals surface area contributed by atoms with E-state index in [0.29, 0.717) is 6.04 Å². The molecule has 1 heterocycles. The molecule has 1 aromatic rings. The van der Waals surface area contributed by atoms with Crippen LogP contribution < -0.4 is 5.32 Å². The van der Waals surface area contributed by atoms with Crippen molar-refractivity contribution in [3.8, 4) is 0 Å². The van der Waals surface area contributed by atoms with Gasteiger partial charge in [-0.1, -0.05) is 19.1 Å². The fourth-order valence-electron chi connectivity index (χ4n) is 2.27. The van der Waals surface area contributed by atoms with Gasteiger partial charge in [0.05, 0.1) is 13.2 Å². The summed E-state index contributed by atoms with van der Waals surface area (Å²) in [5.41, 5.74) is 1.03. The lowest BCUT2D eigenvalue weighted by Gasteiger charge is -2.35. The second-order valence-electron chi connectivity index (χ2n) is 4.64. The third-order valence-corrected chi connectivity index (χ3v) is 3.25. The van der Waals surface area contributed by atoms with E-state index in [2.05, 4.69) is 17.1 Å². The van der Waals surface area contributed by atoms with Crippen LogP contribution in [-0.4, -0.2) is 43.8 Å². The smallest absolute Gasteiger partial charge is 0.123 e. The van der Waals surface area contributed by atoms with Crippen LogP contribution in [0, 0.1) is 5.82 Å². The van der Waals surface area contributed by atoms with Crippen LogP contribution in [0.2, 0.25) is 0 Å². The molecule has 1 N–H and O–H groups in total. The summed E-state index contributed by atoms with van der Waals surface area (Å²) in [5.74, 6) is -0.163. The highest BCUT2D eigenvalue weighted by Gasteiger charge is 2.22. The van der Waals surface area contributed by atoms with E-state index in [1.807, 2.05) is 6.07 Å². The maximum absolute atomic E-state index is 13.2. The van der Waals surface area contributed by atoms with Crippen molar-refractivity contribution in [2.45, 2.75) is 19.5 Å². The number of rotatable bonds is 5. The highest BCUT2D eigenvalue weighted by molar-refractivity contribution is 5.16. The van der Waals surface area contributed by atoms with E-state index in [9.17, 15) is 4.39 Å². The van der Waals surface area contributed by atoms with Crippen LogP contribution in [0.1, 0.15) is 12.5 Å². The van der Waals surface area contributed by atoms with Crippen molar-refractivity contribution in [2.24, 2.45) is 0 Å². The van der Waals surface area contributed by atoms with Gasteiger partial charge in [-0.3, -0.25) is 4.90 Å². The van der Waals surface area contributed by atoms with E-state index in [1.54, 1.807) is 12.1 Å². The molecule has 0 radical (unpaired) electrons. The number of nitrogens with one attached hydrogen (secondary N) is 1. The minimum absolute atomic E-state index is 0.163. The Labute approximate surface area is 108 Å². The molecular formula is C14H21FN2O. The van der Waals surface area contributed by atoms with E-state index in [-0.39, 0.29) is 5.82 Å². The number of nitrogens with zero attached hydrogens (tertiary/aromatic N) is 1. The Bertz CT molecular complexity index is 373. The second-order valence-corrected chi connectivity index (χ2v) is 4.64. The molecule has 1 aromatic carbocycles. The normalized spacial score (nSPS) is 21.1. The topological polar surface area (TPSA) is 24.5 Å². The molecule has 4 heteroatoms. The van der Waals surface area contributed by atoms with Crippen LogP contribution in [0.3, 0.4) is 0 Å². The van der Waals surface area contributed by atoms with Gasteiger partial charge in [0, 0.05) is 25.7 Å². The summed E-state index contributed by atoms with van der Waals surface area (Å²) in [7, 11) is 0. The zero-order valence-corrected chi connectivity index (χ0v) is 10.9. The predicted molar refractivity (Wildman–Crippen MR) is 70.0 cm³/mol. The molecule has 0 aromatic heterocycles. The fraction of sp³-hybridized carbons (Fsp3) is 0.571. The summed E-state index contributed by atoms with van der Waals surface area (Å²) in [6.07, 6.45) is 0. The van der Waals surface area contributed by atoms with E-state index >= 15 is 0 Å². The molecule has 18 heavy (non-hydrogen) atoms. The average molecular weight is 252 g/mol. The van der Waals surface area contributed by atoms with Crippen LogP contribution in [-0.2, 0) is 11.3 Å². The van der Waals surface area contributed by atoms with Gasteiger partial charge in [-0.25, -0.2) is 4.39 Å². The second kappa shape index (κ2) is 6.83. The number of ether oxygens (including phenoxy) is 1. The fourth-order valence-corrected chi connectivity index (χ4v) is 2.27. The SMILES string of the molecule is CCNCC1COCCN1Cc1cccc(F)c1. The van der Waals surface area contributed by atoms with Gasteiger partial charge in [-0.2, -0.15) is 0 Å². The first-order chi connectivity index (χ1) is 8.79. The Morgan fingerprint density at radius 1 is 1.50 bits per heavy atom. The first-order valence-electron chi connectivity index (χ1n) is 6.56. The Balaban J connectivity index is 1.96. The number of halogens is 1. The predicted octanol–water partition coefficient (Wildman–Crippen LogP) is 1.64. The summed E-state index contributed by atoms with van der Waals surface area (Å²) in [6.45, 7) is 7.20. The number of hydrogen-bond acceptors (Lipinski definition) is 3. The average Bonchev–Trinajstić information content (AvgIpc) is 2.38. The molecule has 2 rings (SSSR count). The third-order valence-electron chi connectivity index (χ3n) is 3.25. The maximum atomic E-state index is 13.2. The first kappa shape index (κ1) is 13.5. The molecule has 1 atom stereocenters. The number of hydrogen-bond donors (Lipinski definition) is 1. The van der Waals surface area contributed by atoms with Gasteiger partial charge in [-0.05, 0) is 24.2 Å². The lowest BCUT2D eigenvalue weighted by Crippen LogP contribution is -2.49. The van der Waals surface area contributed by atoms with Crippen molar-refractivity contribution < 1.29 is 9.13 Å². The van der Waals surface area contributed by atoms with E-state index < -0.39 is 0 Å². The van der Waals surface area contributed by atoms with Gasteiger partial charge in [0.1, 0.15) is 5.82 Å². The lowest BCUT2D eigenvalue weighted by molar-refractivity contribution is -0.0107. The molecule has 3 nitrogen and oxygen atoms in total. The monoisotopic (exact) mass is 252 g/mol. The van der Waals surface area contributed by atoms with Crippen molar-refractivity contribution in [3.05, 3.63) is 35.6 Å². The molecule has 1 unspecified atom stereocenters. The Morgan fingerprint density at radius 3 is 3.17 bits per heavy atom. The van der Waals surface area contributed by atoms with Crippen molar-refractivity contribution in [1.82, 2.24) is 10.2 Å². The Kier molecular flexibility index (Phi) is 5.11. The highest BCUT2D eigenvalue weighted by Crippen LogP contribution is 2.13.